The second kappa shape index (κ2) is 4.75. The number of nitrogens with one attached hydrogen (secondary N) is 1. The minimum Gasteiger partial charge on any atom is -0.320 e. The highest BCUT2D eigenvalue weighted by Gasteiger charge is 2.29. The van der Waals surface area contributed by atoms with Gasteiger partial charge in [-0.05, 0) is 62.4 Å². The van der Waals surface area contributed by atoms with Crippen LogP contribution in [-0.4, -0.2) is 13.6 Å². The average Bonchev–Trinajstić information content (AvgIpc) is 2.16. The monoisotopic (exact) mass is 207 g/mol. The highest BCUT2D eigenvalue weighted by molar-refractivity contribution is 5.22. The first kappa shape index (κ1) is 10.6. The Hall–Kier alpha value is -0.890. The van der Waals surface area contributed by atoms with E-state index in [4.69, 9.17) is 0 Å². The molecule has 1 saturated carbocycles. The largest absolute Gasteiger partial charge is 0.320 e. The Morgan fingerprint density at radius 3 is 2.87 bits per heavy atom. The van der Waals surface area contributed by atoms with Gasteiger partial charge in [0.1, 0.15) is 5.82 Å². The van der Waals surface area contributed by atoms with E-state index in [-0.39, 0.29) is 5.82 Å². The molecule has 0 amide bonds. The molecular formula is C13H18FN. The maximum Gasteiger partial charge on any atom is 0.123 e. The first-order valence-electron chi connectivity index (χ1n) is 5.69. The van der Waals surface area contributed by atoms with Crippen molar-refractivity contribution in [2.24, 2.45) is 5.92 Å². The van der Waals surface area contributed by atoms with Crippen LogP contribution in [0.1, 0.15) is 30.7 Å². The average molecular weight is 207 g/mol. The van der Waals surface area contributed by atoms with Gasteiger partial charge in [0.2, 0.25) is 0 Å². The molecule has 2 rings (SSSR count). The molecule has 0 aromatic heterocycles. The number of hydrogen-bond acceptors (Lipinski definition) is 1. The molecule has 1 fully saturated rings. The molecule has 1 aromatic rings. The molecule has 1 aromatic carbocycles. The van der Waals surface area contributed by atoms with Gasteiger partial charge >= 0.3 is 0 Å². The van der Waals surface area contributed by atoms with Gasteiger partial charge in [0.05, 0.1) is 0 Å². The number of hydrogen-bond donors (Lipinski definition) is 1. The standard InChI is InChI=1S/C13H18FN/c1-15-6-5-10-7-12(8-10)11-3-2-4-13(14)9-11/h2-4,9-10,12,15H,5-8H2,1H3. The van der Waals surface area contributed by atoms with Crippen molar-refractivity contribution in [1.82, 2.24) is 5.32 Å². The second-order valence-corrected chi connectivity index (χ2v) is 4.48. The molecule has 0 radical (unpaired) electrons. The fourth-order valence-electron chi connectivity index (χ4n) is 2.35. The van der Waals surface area contributed by atoms with E-state index in [0.29, 0.717) is 5.92 Å². The highest BCUT2D eigenvalue weighted by Crippen LogP contribution is 2.43. The summed E-state index contributed by atoms with van der Waals surface area (Å²) in [5.41, 5.74) is 1.18. The zero-order valence-electron chi connectivity index (χ0n) is 9.17. The van der Waals surface area contributed by atoms with Gasteiger partial charge in [-0.25, -0.2) is 4.39 Å². The minimum absolute atomic E-state index is 0.105. The Kier molecular flexibility index (Phi) is 3.37. The predicted molar refractivity (Wildman–Crippen MR) is 60.4 cm³/mol. The normalized spacial score (nSPS) is 24.9. The van der Waals surface area contributed by atoms with Crippen molar-refractivity contribution in [1.29, 1.82) is 0 Å². The SMILES string of the molecule is CNCCC1CC(c2cccc(F)c2)C1. The molecule has 2 heteroatoms. The smallest absolute Gasteiger partial charge is 0.123 e. The molecule has 1 aliphatic carbocycles. The lowest BCUT2D eigenvalue weighted by molar-refractivity contribution is 0.247. The first-order valence-corrected chi connectivity index (χ1v) is 5.69. The fourth-order valence-corrected chi connectivity index (χ4v) is 2.35. The van der Waals surface area contributed by atoms with E-state index < -0.39 is 0 Å². The predicted octanol–water partition coefficient (Wildman–Crippen LogP) is 2.93. The van der Waals surface area contributed by atoms with Gasteiger partial charge in [-0.2, -0.15) is 0 Å². The van der Waals surface area contributed by atoms with Crippen LogP contribution in [0, 0.1) is 11.7 Å². The van der Waals surface area contributed by atoms with E-state index in [9.17, 15) is 4.39 Å². The number of halogens is 1. The van der Waals surface area contributed by atoms with Crippen LogP contribution in [0.3, 0.4) is 0 Å². The third kappa shape index (κ3) is 2.57. The summed E-state index contributed by atoms with van der Waals surface area (Å²) in [5, 5.41) is 3.17. The van der Waals surface area contributed by atoms with Crippen LogP contribution in [0.4, 0.5) is 4.39 Å². The Morgan fingerprint density at radius 2 is 2.20 bits per heavy atom. The lowest BCUT2D eigenvalue weighted by atomic mass is 9.70. The Balaban J connectivity index is 1.84. The van der Waals surface area contributed by atoms with E-state index in [1.807, 2.05) is 19.2 Å². The lowest BCUT2D eigenvalue weighted by Crippen LogP contribution is -2.25. The summed E-state index contributed by atoms with van der Waals surface area (Å²) in [4.78, 5) is 0. The van der Waals surface area contributed by atoms with Crippen molar-refractivity contribution in [2.75, 3.05) is 13.6 Å². The molecule has 1 N–H and O–H groups in total. The zero-order chi connectivity index (χ0) is 10.7. The summed E-state index contributed by atoms with van der Waals surface area (Å²) >= 11 is 0. The summed E-state index contributed by atoms with van der Waals surface area (Å²) in [7, 11) is 1.99. The van der Waals surface area contributed by atoms with Gasteiger partial charge in [0.25, 0.3) is 0 Å². The maximum absolute atomic E-state index is 13.0. The number of benzene rings is 1. The van der Waals surface area contributed by atoms with E-state index in [2.05, 4.69) is 5.32 Å². The van der Waals surface area contributed by atoms with E-state index in [0.717, 1.165) is 12.5 Å². The van der Waals surface area contributed by atoms with Crippen molar-refractivity contribution in [3.8, 4) is 0 Å². The minimum atomic E-state index is -0.105. The molecular weight excluding hydrogens is 189 g/mol. The highest BCUT2D eigenvalue weighted by atomic mass is 19.1. The van der Waals surface area contributed by atoms with Gasteiger partial charge in [-0.3, -0.25) is 0 Å². The third-order valence-electron chi connectivity index (χ3n) is 3.36. The molecule has 0 unspecified atom stereocenters. The molecule has 1 aliphatic rings. The Bertz CT molecular complexity index is 318. The van der Waals surface area contributed by atoms with Crippen molar-refractivity contribution in [2.45, 2.75) is 25.2 Å². The van der Waals surface area contributed by atoms with Crippen LogP contribution in [0.2, 0.25) is 0 Å². The van der Waals surface area contributed by atoms with Crippen molar-refractivity contribution < 1.29 is 4.39 Å². The molecule has 82 valence electrons. The van der Waals surface area contributed by atoms with Gasteiger partial charge in [-0.15, -0.1) is 0 Å². The third-order valence-corrected chi connectivity index (χ3v) is 3.36. The van der Waals surface area contributed by atoms with Crippen LogP contribution in [0.15, 0.2) is 24.3 Å². The molecule has 0 aliphatic heterocycles. The molecule has 0 heterocycles. The molecule has 0 spiro atoms. The van der Waals surface area contributed by atoms with Gasteiger partial charge in [-0.1, -0.05) is 12.1 Å². The number of rotatable bonds is 4. The summed E-state index contributed by atoms with van der Waals surface area (Å²) in [6.07, 6.45) is 3.71. The second-order valence-electron chi connectivity index (χ2n) is 4.48. The van der Waals surface area contributed by atoms with Crippen molar-refractivity contribution >= 4 is 0 Å². The summed E-state index contributed by atoms with van der Waals surface area (Å²) in [5.74, 6) is 1.33. The quantitative estimate of drug-likeness (QED) is 0.800. The zero-order valence-corrected chi connectivity index (χ0v) is 9.17. The topological polar surface area (TPSA) is 12.0 Å². The maximum atomic E-state index is 13.0. The van der Waals surface area contributed by atoms with Crippen LogP contribution in [0.5, 0.6) is 0 Å². The Labute approximate surface area is 90.7 Å². The summed E-state index contributed by atoms with van der Waals surface area (Å²) < 4.78 is 13.0. The van der Waals surface area contributed by atoms with Crippen molar-refractivity contribution in [3.63, 3.8) is 0 Å². The molecule has 0 atom stereocenters. The molecule has 1 nitrogen and oxygen atoms in total. The summed E-state index contributed by atoms with van der Waals surface area (Å²) in [6.45, 7) is 1.10. The molecule has 15 heavy (non-hydrogen) atoms. The lowest BCUT2D eigenvalue weighted by Gasteiger charge is -2.35. The van der Waals surface area contributed by atoms with Crippen molar-refractivity contribution in [3.05, 3.63) is 35.6 Å². The van der Waals surface area contributed by atoms with Gasteiger partial charge in [0.15, 0.2) is 0 Å². The molecule has 0 bridgehead atoms. The van der Waals surface area contributed by atoms with Crippen LogP contribution < -0.4 is 5.32 Å². The summed E-state index contributed by atoms with van der Waals surface area (Å²) in [6, 6.07) is 7.05. The fraction of sp³-hybridized carbons (Fsp3) is 0.538. The van der Waals surface area contributed by atoms with Gasteiger partial charge in [0, 0.05) is 0 Å². The van der Waals surface area contributed by atoms with E-state index in [1.54, 1.807) is 6.07 Å². The Morgan fingerprint density at radius 1 is 1.40 bits per heavy atom. The van der Waals surface area contributed by atoms with E-state index in [1.165, 1.54) is 30.9 Å². The van der Waals surface area contributed by atoms with Gasteiger partial charge < -0.3 is 5.32 Å². The van der Waals surface area contributed by atoms with Crippen LogP contribution in [0.25, 0.3) is 0 Å². The van der Waals surface area contributed by atoms with Crippen LogP contribution >= 0.6 is 0 Å². The molecule has 0 saturated heterocycles. The van der Waals surface area contributed by atoms with E-state index >= 15 is 0 Å². The first-order chi connectivity index (χ1) is 7.29. The van der Waals surface area contributed by atoms with Crippen LogP contribution in [-0.2, 0) is 0 Å².